The first-order valence-corrected chi connectivity index (χ1v) is 9.70. The van der Waals surface area contributed by atoms with Crippen LogP contribution in [0.2, 0.25) is 5.02 Å². The van der Waals surface area contributed by atoms with E-state index < -0.39 is 5.97 Å². The van der Waals surface area contributed by atoms with Crippen LogP contribution in [0, 0.1) is 5.92 Å². The molecule has 1 heterocycles. The summed E-state index contributed by atoms with van der Waals surface area (Å²) in [6, 6.07) is 12.7. The predicted octanol–water partition coefficient (Wildman–Crippen LogP) is 1.28. The summed E-state index contributed by atoms with van der Waals surface area (Å²) in [4.78, 5) is 11.3. The average molecular weight is 406 g/mol. The molecular weight excluding hydrogens is 385 g/mol. The largest absolute Gasteiger partial charge is 1.00 e. The molecule has 0 radical (unpaired) electrons. The fourth-order valence-corrected chi connectivity index (χ4v) is 4.11. The first-order valence-electron chi connectivity index (χ1n) is 9.32. The van der Waals surface area contributed by atoms with Crippen molar-refractivity contribution in [2.75, 3.05) is 6.61 Å². The third kappa shape index (κ3) is 4.57. The molecule has 4 rings (SSSR count). The van der Waals surface area contributed by atoms with Crippen molar-refractivity contribution in [3.63, 3.8) is 0 Å². The summed E-state index contributed by atoms with van der Waals surface area (Å²) in [5, 5.41) is 12.7. The molecule has 1 aromatic heterocycles. The van der Waals surface area contributed by atoms with Crippen LogP contribution in [0.25, 0.3) is 10.9 Å². The zero-order valence-electron chi connectivity index (χ0n) is 16.0. The van der Waals surface area contributed by atoms with Gasteiger partial charge in [0.15, 0.2) is 0 Å². The molecule has 0 spiro atoms. The van der Waals surface area contributed by atoms with Gasteiger partial charge in [-0.3, -0.25) is 0 Å². The van der Waals surface area contributed by atoms with Crippen molar-refractivity contribution in [3.05, 3.63) is 64.8 Å². The Hall–Kier alpha value is -1.46. The third-order valence-electron chi connectivity index (χ3n) is 5.35. The quantitative estimate of drug-likeness (QED) is 0.580. The van der Waals surface area contributed by atoms with Gasteiger partial charge in [-0.05, 0) is 49.1 Å². The molecule has 6 heteroatoms. The van der Waals surface area contributed by atoms with E-state index in [-0.39, 0.29) is 35.1 Å². The van der Waals surface area contributed by atoms with Crippen molar-refractivity contribution in [2.45, 2.75) is 32.2 Å². The van der Waals surface area contributed by atoms with Crippen molar-refractivity contribution < 1.29 is 44.2 Å². The van der Waals surface area contributed by atoms with Crippen LogP contribution in [0.1, 0.15) is 41.6 Å². The van der Waals surface area contributed by atoms with Gasteiger partial charge < -0.3 is 19.2 Å². The van der Waals surface area contributed by atoms with Crippen LogP contribution in [0.5, 0.6) is 5.75 Å². The molecule has 1 saturated carbocycles. The van der Waals surface area contributed by atoms with E-state index in [4.69, 9.17) is 16.3 Å². The van der Waals surface area contributed by atoms with Gasteiger partial charge in [0, 0.05) is 33.2 Å². The van der Waals surface area contributed by atoms with Crippen LogP contribution in [-0.4, -0.2) is 17.1 Å². The predicted molar refractivity (Wildman–Crippen MR) is 104 cm³/mol. The molecular formula is C22H21ClNNaO3. The van der Waals surface area contributed by atoms with Gasteiger partial charge in [-0.15, -0.1) is 0 Å². The number of carboxylic acids is 1. The molecule has 0 bridgehead atoms. The molecule has 2 aromatic carbocycles. The Bertz CT molecular complexity index is 979. The van der Waals surface area contributed by atoms with Gasteiger partial charge in [0.25, 0.3) is 0 Å². The Morgan fingerprint density at radius 3 is 2.71 bits per heavy atom. The van der Waals surface area contributed by atoms with E-state index in [1.165, 1.54) is 25.7 Å². The van der Waals surface area contributed by atoms with Gasteiger partial charge in [0.2, 0.25) is 0 Å². The Kier molecular flexibility index (Phi) is 7.10. The zero-order chi connectivity index (χ0) is 18.8. The van der Waals surface area contributed by atoms with E-state index >= 15 is 0 Å². The van der Waals surface area contributed by atoms with E-state index in [1.807, 2.05) is 41.1 Å². The molecule has 0 N–H and O–H groups in total. The minimum Gasteiger partial charge on any atom is -0.545 e. The van der Waals surface area contributed by atoms with Gasteiger partial charge in [-0.25, -0.2) is 0 Å². The number of carbonyl (C=O) groups is 1. The summed E-state index contributed by atoms with van der Waals surface area (Å²) in [5.74, 6) is 0.303. The van der Waals surface area contributed by atoms with E-state index in [9.17, 15) is 9.90 Å². The average Bonchev–Trinajstić information content (AvgIpc) is 3.31. The molecule has 28 heavy (non-hydrogen) atoms. The van der Waals surface area contributed by atoms with E-state index in [0.29, 0.717) is 22.9 Å². The third-order valence-corrected chi connectivity index (χ3v) is 5.58. The normalized spacial score (nSPS) is 14.2. The minimum absolute atomic E-state index is 0. The first-order chi connectivity index (χ1) is 13.1. The first kappa shape index (κ1) is 21.3. The second-order valence-corrected chi connectivity index (χ2v) is 7.62. The fraction of sp³-hybridized carbons (Fsp3) is 0.318. The summed E-state index contributed by atoms with van der Waals surface area (Å²) in [6.07, 6.45) is 6.93. The number of rotatable bonds is 6. The SMILES string of the molecule is O=C([O-])c1cccc2c1ccn2Cc1cc(Cl)ccc1OCC1CCCC1.[Na+]. The van der Waals surface area contributed by atoms with Crippen molar-refractivity contribution >= 4 is 28.5 Å². The van der Waals surface area contributed by atoms with Crippen LogP contribution in [0.4, 0.5) is 0 Å². The van der Waals surface area contributed by atoms with E-state index in [0.717, 1.165) is 23.4 Å². The Balaban J connectivity index is 0.00000225. The molecule has 0 aliphatic heterocycles. The summed E-state index contributed by atoms with van der Waals surface area (Å²) in [5.41, 5.74) is 2.03. The summed E-state index contributed by atoms with van der Waals surface area (Å²) < 4.78 is 8.13. The van der Waals surface area contributed by atoms with Gasteiger partial charge in [-0.1, -0.05) is 36.6 Å². The number of aromatic nitrogens is 1. The summed E-state index contributed by atoms with van der Waals surface area (Å²) in [7, 11) is 0. The maximum absolute atomic E-state index is 11.3. The topological polar surface area (TPSA) is 54.3 Å². The van der Waals surface area contributed by atoms with Crippen molar-refractivity contribution in [2.24, 2.45) is 5.92 Å². The fourth-order valence-electron chi connectivity index (χ4n) is 3.92. The van der Waals surface area contributed by atoms with Crippen LogP contribution in [-0.2, 0) is 6.54 Å². The number of carboxylic acid groups (broad SMARTS) is 1. The monoisotopic (exact) mass is 405 g/mol. The van der Waals surface area contributed by atoms with Crippen molar-refractivity contribution in [1.82, 2.24) is 4.57 Å². The van der Waals surface area contributed by atoms with Crippen LogP contribution >= 0.6 is 11.6 Å². The molecule has 0 atom stereocenters. The summed E-state index contributed by atoms with van der Waals surface area (Å²) >= 11 is 6.22. The number of fused-ring (bicyclic) bond motifs is 1. The smallest absolute Gasteiger partial charge is 0.545 e. The van der Waals surface area contributed by atoms with Gasteiger partial charge >= 0.3 is 29.6 Å². The molecule has 0 amide bonds. The number of carbonyl (C=O) groups excluding carboxylic acids is 1. The molecule has 1 fully saturated rings. The molecule has 140 valence electrons. The Labute approximate surface area is 191 Å². The number of benzene rings is 2. The van der Waals surface area contributed by atoms with Gasteiger partial charge in [-0.2, -0.15) is 0 Å². The standard InChI is InChI=1S/C22H22ClNO3.Na/c23-17-8-9-21(27-14-15-4-1-2-5-15)16(12-17)13-24-11-10-18-19(22(25)26)6-3-7-20(18)24;/h3,6-12,15H,1-2,4-5,13-14H2,(H,25,26);/q;+1/p-1. The Morgan fingerprint density at radius 2 is 1.96 bits per heavy atom. The van der Waals surface area contributed by atoms with Crippen LogP contribution in [0.15, 0.2) is 48.7 Å². The summed E-state index contributed by atoms with van der Waals surface area (Å²) in [6.45, 7) is 1.29. The van der Waals surface area contributed by atoms with Gasteiger partial charge in [0.1, 0.15) is 5.75 Å². The number of halogens is 1. The molecule has 1 aliphatic carbocycles. The maximum atomic E-state index is 11.3. The number of hydrogen-bond acceptors (Lipinski definition) is 3. The molecule has 3 aromatic rings. The van der Waals surface area contributed by atoms with Crippen molar-refractivity contribution in [3.8, 4) is 5.75 Å². The second-order valence-electron chi connectivity index (χ2n) is 7.18. The second kappa shape index (κ2) is 9.36. The van der Waals surface area contributed by atoms with E-state index in [2.05, 4.69) is 0 Å². The molecule has 0 saturated heterocycles. The number of ether oxygens (including phenoxy) is 1. The van der Waals surface area contributed by atoms with Crippen LogP contribution < -0.4 is 39.4 Å². The molecule has 4 nitrogen and oxygen atoms in total. The number of nitrogens with zero attached hydrogens (tertiary/aromatic N) is 1. The Morgan fingerprint density at radius 1 is 1.18 bits per heavy atom. The van der Waals surface area contributed by atoms with E-state index in [1.54, 1.807) is 12.1 Å². The molecule has 0 unspecified atom stereocenters. The number of hydrogen-bond donors (Lipinski definition) is 0. The van der Waals surface area contributed by atoms with Crippen molar-refractivity contribution in [1.29, 1.82) is 0 Å². The zero-order valence-corrected chi connectivity index (χ0v) is 18.7. The molecule has 1 aliphatic rings. The van der Waals surface area contributed by atoms with Crippen LogP contribution in [0.3, 0.4) is 0 Å². The number of aromatic carboxylic acids is 1. The maximum Gasteiger partial charge on any atom is 1.00 e. The minimum atomic E-state index is -1.17. The van der Waals surface area contributed by atoms with Gasteiger partial charge in [0.05, 0.1) is 19.1 Å².